The predicted molar refractivity (Wildman–Crippen MR) is 58.2 cm³/mol. The van der Waals surface area contributed by atoms with Gasteiger partial charge in [0, 0.05) is 19.6 Å². The number of fused-ring (bicyclic) bond motifs is 1. The van der Waals surface area contributed by atoms with Crippen molar-refractivity contribution in [3.63, 3.8) is 0 Å². The van der Waals surface area contributed by atoms with Gasteiger partial charge >= 0.3 is 0 Å². The first-order valence-corrected chi connectivity index (χ1v) is 5.31. The summed E-state index contributed by atoms with van der Waals surface area (Å²) in [5.74, 6) is 0. The van der Waals surface area contributed by atoms with Crippen LogP contribution in [0.4, 0.5) is 0 Å². The van der Waals surface area contributed by atoms with Gasteiger partial charge in [0.1, 0.15) is 0 Å². The molecule has 2 rings (SSSR count). The molecule has 0 saturated carbocycles. The lowest BCUT2D eigenvalue weighted by Gasteiger charge is -2.16. The molecule has 3 heteroatoms. The van der Waals surface area contributed by atoms with E-state index in [1.165, 1.54) is 11.1 Å². The third kappa shape index (κ3) is 2.37. The Morgan fingerprint density at radius 3 is 2.73 bits per heavy atom. The molecule has 0 aromatic heterocycles. The van der Waals surface area contributed by atoms with E-state index in [9.17, 15) is 5.11 Å². The number of aliphatic hydroxyl groups is 2. The molecule has 0 bridgehead atoms. The van der Waals surface area contributed by atoms with E-state index in [1.807, 2.05) is 13.0 Å². The van der Waals surface area contributed by atoms with Crippen LogP contribution in [0, 0.1) is 0 Å². The Morgan fingerprint density at radius 1 is 1.33 bits per heavy atom. The van der Waals surface area contributed by atoms with Gasteiger partial charge in [0.2, 0.25) is 0 Å². The Labute approximate surface area is 90.0 Å². The largest absolute Gasteiger partial charge is 0.392 e. The van der Waals surface area contributed by atoms with Gasteiger partial charge in [-0.2, -0.15) is 0 Å². The molecule has 2 N–H and O–H groups in total. The van der Waals surface area contributed by atoms with Gasteiger partial charge < -0.3 is 10.2 Å². The molecule has 3 nitrogen and oxygen atoms in total. The average molecular weight is 207 g/mol. The zero-order valence-electron chi connectivity index (χ0n) is 8.98. The van der Waals surface area contributed by atoms with Gasteiger partial charge in [-0.15, -0.1) is 0 Å². The van der Waals surface area contributed by atoms with Gasteiger partial charge in [0.25, 0.3) is 0 Å². The highest BCUT2D eigenvalue weighted by atomic mass is 16.3. The summed E-state index contributed by atoms with van der Waals surface area (Å²) < 4.78 is 0. The minimum absolute atomic E-state index is 0.101. The molecule has 0 aliphatic carbocycles. The lowest BCUT2D eigenvalue weighted by Crippen LogP contribution is -2.25. The van der Waals surface area contributed by atoms with Gasteiger partial charge in [0.15, 0.2) is 0 Å². The minimum Gasteiger partial charge on any atom is -0.392 e. The summed E-state index contributed by atoms with van der Waals surface area (Å²) in [6.07, 6.45) is -0.281. The molecule has 82 valence electrons. The maximum Gasteiger partial charge on any atom is 0.0681 e. The van der Waals surface area contributed by atoms with E-state index in [0.717, 1.165) is 18.7 Å². The Morgan fingerprint density at radius 2 is 2.07 bits per heavy atom. The highest BCUT2D eigenvalue weighted by Gasteiger charge is 2.19. The van der Waals surface area contributed by atoms with Crippen LogP contribution in [-0.2, 0) is 19.7 Å². The first-order chi connectivity index (χ1) is 7.19. The summed E-state index contributed by atoms with van der Waals surface area (Å²) in [6, 6.07) is 6.09. The van der Waals surface area contributed by atoms with Crippen molar-refractivity contribution in [1.29, 1.82) is 0 Å². The maximum absolute atomic E-state index is 9.31. The maximum atomic E-state index is 9.31. The van der Waals surface area contributed by atoms with Gasteiger partial charge in [-0.05, 0) is 23.6 Å². The van der Waals surface area contributed by atoms with Crippen LogP contribution >= 0.6 is 0 Å². The van der Waals surface area contributed by atoms with Crippen LogP contribution in [0.1, 0.15) is 23.6 Å². The van der Waals surface area contributed by atoms with Gasteiger partial charge in [-0.1, -0.05) is 18.2 Å². The van der Waals surface area contributed by atoms with Gasteiger partial charge in [-0.3, -0.25) is 4.90 Å². The van der Waals surface area contributed by atoms with Crippen molar-refractivity contribution in [3.05, 3.63) is 34.9 Å². The second-order valence-electron chi connectivity index (χ2n) is 4.28. The van der Waals surface area contributed by atoms with Crippen molar-refractivity contribution >= 4 is 0 Å². The Hall–Kier alpha value is -0.900. The zero-order chi connectivity index (χ0) is 10.8. The number of β-amino-alcohol motifs (C(OH)–C–C–N with tert-alkyl or cyclic N) is 1. The molecule has 0 fully saturated rings. The molecule has 1 aliphatic heterocycles. The molecule has 1 aliphatic rings. The molecule has 1 atom stereocenters. The first-order valence-electron chi connectivity index (χ1n) is 5.31. The lowest BCUT2D eigenvalue weighted by molar-refractivity contribution is 0.126. The minimum atomic E-state index is -0.281. The van der Waals surface area contributed by atoms with Crippen LogP contribution in [0.5, 0.6) is 0 Å². The molecule has 1 unspecified atom stereocenters. The number of hydrogen-bond acceptors (Lipinski definition) is 3. The van der Waals surface area contributed by atoms with Gasteiger partial charge in [0.05, 0.1) is 12.7 Å². The van der Waals surface area contributed by atoms with Crippen LogP contribution in [-0.4, -0.2) is 27.8 Å². The lowest BCUT2D eigenvalue weighted by atomic mass is 10.1. The van der Waals surface area contributed by atoms with E-state index in [0.29, 0.717) is 6.54 Å². The SMILES string of the molecule is CC(O)CN1Cc2ccc(CO)cc2C1. The Balaban J connectivity index is 2.09. The fourth-order valence-corrected chi connectivity index (χ4v) is 2.12. The van der Waals surface area contributed by atoms with Crippen molar-refractivity contribution < 1.29 is 10.2 Å². The smallest absolute Gasteiger partial charge is 0.0681 e. The number of rotatable bonds is 3. The molecule has 0 saturated heterocycles. The molecule has 15 heavy (non-hydrogen) atoms. The number of hydrogen-bond donors (Lipinski definition) is 2. The van der Waals surface area contributed by atoms with Crippen molar-refractivity contribution in [1.82, 2.24) is 4.90 Å². The average Bonchev–Trinajstić information content (AvgIpc) is 2.57. The second-order valence-corrected chi connectivity index (χ2v) is 4.28. The second kappa shape index (κ2) is 4.31. The Kier molecular flexibility index (Phi) is 3.05. The van der Waals surface area contributed by atoms with Gasteiger partial charge in [-0.25, -0.2) is 0 Å². The third-order valence-corrected chi connectivity index (χ3v) is 2.76. The molecule has 1 aromatic carbocycles. The van der Waals surface area contributed by atoms with Crippen LogP contribution in [0.3, 0.4) is 0 Å². The molecular weight excluding hydrogens is 190 g/mol. The van der Waals surface area contributed by atoms with Crippen LogP contribution in [0.25, 0.3) is 0 Å². The van der Waals surface area contributed by atoms with E-state index in [-0.39, 0.29) is 12.7 Å². The molecular formula is C12H17NO2. The van der Waals surface area contributed by atoms with Crippen LogP contribution < -0.4 is 0 Å². The summed E-state index contributed by atoms with van der Waals surface area (Å²) in [4.78, 5) is 2.22. The van der Waals surface area contributed by atoms with Crippen molar-refractivity contribution in [2.24, 2.45) is 0 Å². The first kappa shape index (κ1) is 10.6. The summed E-state index contributed by atoms with van der Waals surface area (Å²) in [5.41, 5.74) is 3.56. The quantitative estimate of drug-likeness (QED) is 0.773. The fourth-order valence-electron chi connectivity index (χ4n) is 2.12. The van der Waals surface area contributed by atoms with E-state index in [4.69, 9.17) is 5.11 Å². The number of benzene rings is 1. The topological polar surface area (TPSA) is 43.7 Å². The number of nitrogens with zero attached hydrogens (tertiary/aromatic N) is 1. The van der Waals surface area contributed by atoms with Crippen molar-refractivity contribution in [3.8, 4) is 0 Å². The molecule has 1 aromatic rings. The third-order valence-electron chi connectivity index (χ3n) is 2.76. The molecule has 0 amide bonds. The highest BCUT2D eigenvalue weighted by Crippen LogP contribution is 2.23. The normalized spacial score (nSPS) is 17.8. The van der Waals surface area contributed by atoms with E-state index in [2.05, 4.69) is 17.0 Å². The van der Waals surface area contributed by atoms with E-state index in [1.54, 1.807) is 0 Å². The summed E-state index contributed by atoms with van der Waals surface area (Å²) in [6.45, 7) is 4.41. The summed E-state index contributed by atoms with van der Waals surface area (Å²) in [5, 5.41) is 18.3. The van der Waals surface area contributed by atoms with Crippen LogP contribution in [0.2, 0.25) is 0 Å². The standard InChI is InChI=1S/C12H17NO2/c1-9(15)5-13-6-11-3-2-10(8-14)4-12(11)7-13/h2-4,9,14-15H,5-8H2,1H3. The fraction of sp³-hybridized carbons (Fsp3) is 0.500. The highest BCUT2D eigenvalue weighted by molar-refractivity contribution is 5.34. The molecule has 0 spiro atoms. The predicted octanol–water partition coefficient (Wildman–Crippen LogP) is 0.875. The summed E-state index contributed by atoms with van der Waals surface area (Å²) in [7, 11) is 0. The number of aliphatic hydroxyl groups excluding tert-OH is 2. The molecule has 0 radical (unpaired) electrons. The Bertz CT molecular complexity index is 349. The van der Waals surface area contributed by atoms with Crippen molar-refractivity contribution in [2.75, 3.05) is 6.54 Å². The zero-order valence-corrected chi connectivity index (χ0v) is 8.98. The van der Waals surface area contributed by atoms with E-state index < -0.39 is 0 Å². The van der Waals surface area contributed by atoms with Crippen LogP contribution in [0.15, 0.2) is 18.2 Å². The van der Waals surface area contributed by atoms with Crippen molar-refractivity contribution in [2.45, 2.75) is 32.7 Å². The summed E-state index contributed by atoms with van der Waals surface area (Å²) >= 11 is 0. The molecule has 1 heterocycles. The monoisotopic (exact) mass is 207 g/mol. The van der Waals surface area contributed by atoms with E-state index >= 15 is 0 Å².